The second kappa shape index (κ2) is 9.00. The molecule has 96 valence electrons. The van der Waals surface area contributed by atoms with Crippen molar-refractivity contribution in [2.45, 2.75) is 64.8 Å². The summed E-state index contributed by atoms with van der Waals surface area (Å²) in [6.45, 7) is 7.26. The second-order valence-corrected chi connectivity index (χ2v) is 4.98. The van der Waals surface area contributed by atoms with Crippen LogP contribution in [-0.4, -0.2) is 25.8 Å². The van der Waals surface area contributed by atoms with Gasteiger partial charge in [0, 0.05) is 19.2 Å². The zero-order chi connectivity index (χ0) is 11.6. The average molecular weight is 227 g/mol. The predicted octanol–water partition coefficient (Wildman–Crippen LogP) is 3.36. The number of hydrogen-bond donors (Lipinski definition) is 1. The standard InChI is InChI=1S/C14H29NO/c1-3-11-16-12-10-15-14(4-2)13-8-6-5-7-9-13/h13-15H,3-12H2,1-2H3. The van der Waals surface area contributed by atoms with Gasteiger partial charge in [-0.2, -0.15) is 0 Å². The fourth-order valence-corrected chi connectivity index (χ4v) is 2.74. The summed E-state index contributed by atoms with van der Waals surface area (Å²) in [5.41, 5.74) is 0. The van der Waals surface area contributed by atoms with E-state index in [0.29, 0.717) is 0 Å². The van der Waals surface area contributed by atoms with Crippen LogP contribution in [0.2, 0.25) is 0 Å². The fourth-order valence-electron chi connectivity index (χ4n) is 2.74. The molecule has 1 fully saturated rings. The summed E-state index contributed by atoms with van der Waals surface area (Å²) >= 11 is 0. The molecule has 1 N–H and O–H groups in total. The van der Waals surface area contributed by atoms with Crippen molar-refractivity contribution in [3.05, 3.63) is 0 Å². The van der Waals surface area contributed by atoms with Crippen LogP contribution in [0.5, 0.6) is 0 Å². The SMILES string of the molecule is CCCOCCNC(CC)C1CCCCC1. The van der Waals surface area contributed by atoms with Crippen LogP contribution < -0.4 is 5.32 Å². The van der Waals surface area contributed by atoms with Gasteiger partial charge < -0.3 is 10.1 Å². The predicted molar refractivity (Wildman–Crippen MR) is 69.8 cm³/mol. The third kappa shape index (κ3) is 5.31. The van der Waals surface area contributed by atoms with Crippen LogP contribution in [0.3, 0.4) is 0 Å². The van der Waals surface area contributed by atoms with Gasteiger partial charge in [-0.15, -0.1) is 0 Å². The summed E-state index contributed by atoms with van der Waals surface area (Å²) in [6, 6.07) is 0.727. The quantitative estimate of drug-likeness (QED) is 0.642. The van der Waals surface area contributed by atoms with E-state index in [9.17, 15) is 0 Å². The molecule has 1 aliphatic rings. The van der Waals surface area contributed by atoms with Gasteiger partial charge >= 0.3 is 0 Å². The Labute approximate surface area is 101 Å². The molecule has 1 saturated carbocycles. The lowest BCUT2D eigenvalue weighted by molar-refractivity contribution is 0.129. The number of nitrogens with one attached hydrogen (secondary N) is 1. The topological polar surface area (TPSA) is 21.3 Å². The van der Waals surface area contributed by atoms with Crippen LogP contribution in [0, 0.1) is 5.92 Å². The van der Waals surface area contributed by atoms with E-state index in [4.69, 9.17) is 4.74 Å². The molecule has 0 saturated heterocycles. The Morgan fingerprint density at radius 1 is 1.12 bits per heavy atom. The Morgan fingerprint density at radius 2 is 1.88 bits per heavy atom. The molecular weight excluding hydrogens is 198 g/mol. The van der Waals surface area contributed by atoms with Crippen molar-refractivity contribution in [2.24, 2.45) is 5.92 Å². The Balaban J connectivity index is 2.10. The number of ether oxygens (including phenoxy) is 1. The molecule has 0 aliphatic heterocycles. The Morgan fingerprint density at radius 3 is 2.50 bits per heavy atom. The van der Waals surface area contributed by atoms with E-state index < -0.39 is 0 Å². The minimum atomic E-state index is 0.727. The van der Waals surface area contributed by atoms with E-state index in [2.05, 4.69) is 19.2 Å². The summed E-state index contributed by atoms with van der Waals surface area (Å²) < 4.78 is 5.50. The molecule has 0 bridgehead atoms. The Bertz CT molecular complexity index is 155. The zero-order valence-corrected chi connectivity index (χ0v) is 11.1. The van der Waals surface area contributed by atoms with Gasteiger partial charge in [0.2, 0.25) is 0 Å². The molecule has 0 aromatic rings. The first-order chi connectivity index (χ1) is 7.88. The highest BCUT2D eigenvalue weighted by atomic mass is 16.5. The van der Waals surface area contributed by atoms with Gasteiger partial charge in [0.15, 0.2) is 0 Å². The van der Waals surface area contributed by atoms with E-state index in [1.54, 1.807) is 0 Å². The lowest BCUT2D eigenvalue weighted by Crippen LogP contribution is -2.38. The van der Waals surface area contributed by atoms with E-state index in [0.717, 1.165) is 38.1 Å². The molecule has 0 radical (unpaired) electrons. The van der Waals surface area contributed by atoms with Gasteiger partial charge in [-0.3, -0.25) is 0 Å². The van der Waals surface area contributed by atoms with E-state index in [1.807, 2.05) is 0 Å². The molecule has 0 aromatic heterocycles. The lowest BCUT2D eigenvalue weighted by Gasteiger charge is -2.30. The van der Waals surface area contributed by atoms with Crippen molar-refractivity contribution >= 4 is 0 Å². The molecular formula is C14H29NO. The van der Waals surface area contributed by atoms with E-state index in [-0.39, 0.29) is 0 Å². The molecule has 1 atom stereocenters. The maximum atomic E-state index is 5.50. The van der Waals surface area contributed by atoms with Gasteiger partial charge in [-0.05, 0) is 31.6 Å². The first-order valence-corrected chi connectivity index (χ1v) is 7.19. The molecule has 0 heterocycles. The van der Waals surface area contributed by atoms with Crippen LogP contribution in [0.15, 0.2) is 0 Å². The highest BCUT2D eigenvalue weighted by molar-refractivity contribution is 4.78. The largest absolute Gasteiger partial charge is 0.380 e. The molecule has 1 unspecified atom stereocenters. The summed E-state index contributed by atoms with van der Waals surface area (Å²) in [6.07, 6.45) is 9.58. The third-order valence-corrected chi connectivity index (χ3v) is 3.66. The highest BCUT2D eigenvalue weighted by Gasteiger charge is 2.21. The monoisotopic (exact) mass is 227 g/mol. The molecule has 1 rings (SSSR count). The summed E-state index contributed by atoms with van der Waals surface area (Å²) in [4.78, 5) is 0. The van der Waals surface area contributed by atoms with Crippen LogP contribution in [-0.2, 0) is 4.74 Å². The fraction of sp³-hybridized carbons (Fsp3) is 1.00. The van der Waals surface area contributed by atoms with Crippen molar-refractivity contribution in [3.8, 4) is 0 Å². The molecule has 0 aromatic carbocycles. The summed E-state index contributed by atoms with van der Waals surface area (Å²) in [5, 5.41) is 3.67. The van der Waals surface area contributed by atoms with Crippen molar-refractivity contribution in [2.75, 3.05) is 19.8 Å². The first-order valence-electron chi connectivity index (χ1n) is 7.19. The Hall–Kier alpha value is -0.0800. The van der Waals surface area contributed by atoms with Gasteiger partial charge in [-0.25, -0.2) is 0 Å². The number of hydrogen-bond acceptors (Lipinski definition) is 2. The van der Waals surface area contributed by atoms with Gasteiger partial charge in [-0.1, -0.05) is 33.1 Å². The second-order valence-electron chi connectivity index (χ2n) is 4.98. The van der Waals surface area contributed by atoms with Gasteiger partial charge in [0.25, 0.3) is 0 Å². The molecule has 16 heavy (non-hydrogen) atoms. The minimum Gasteiger partial charge on any atom is -0.380 e. The Kier molecular flexibility index (Phi) is 7.87. The third-order valence-electron chi connectivity index (χ3n) is 3.66. The van der Waals surface area contributed by atoms with Crippen molar-refractivity contribution in [1.29, 1.82) is 0 Å². The summed E-state index contributed by atoms with van der Waals surface area (Å²) in [7, 11) is 0. The number of rotatable bonds is 8. The van der Waals surface area contributed by atoms with Crippen molar-refractivity contribution < 1.29 is 4.74 Å². The van der Waals surface area contributed by atoms with E-state index >= 15 is 0 Å². The molecule has 1 aliphatic carbocycles. The normalized spacial score (nSPS) is 19.9. The molecule has 0 spiro atoms. The van der Waals surface area contributed by atoms with Crippen LogP contribution in [0.4, 0.5) is 0 Å². The lowest BCUT2D eigenvalue weighted by atomic mass is 9.83. The van der Waals surface area contributed by atoms with E-state index in [1.165, 1.54) is 38.5 Å². The molecule has 2 nitrogen and oxygen atoms in total. The van der Waals surface area contributed by atoms with Crippen LogP contribution >= 0.6 is 0 Å². The minimum absolute atomic E-state index is 0.727. The van der Waals surface area contributed by atoms with Crippen molar-refractivity contribution in [3.63, 3.8) is 0 Å². The molecule has 2 heteroatoms. The molecule has 0 amide bonds. The maximum Gasteiger partial charge on any atom is 0.0590 e. The van der Waals surface area contributed by atoms with Crippen molar-refractivity contribution in [1.82, 2.24) is 5.32 Å². The van der Waals surface area contributed by atoms with Crippen LogP contribution in [0.25, 0.3) is 0 Å². The zero-order valence-electron chi connectivity index (χ0n) is 11.1. The van der Waals surface area contributed by atoms with Crippen LogP contribution in [0.1, 0.15) is 58.8 Å². The average Bonchev–Trinajstić information content (AvgIpc) is 2.35. The van der Waals surface area contributed by atoms with Gasteiger partial charge in [0.1, 0.15) is 0 Å². The highest BCUT2D eigenvalue weighted by Crippen LogP contribution is 2.27. The summed E-state index contributed by atoms with van der Waals surface area (Å²) in [5.74, 6) is 0.921. The van der Waals surface area contributed by atoms with Gasteiger partial charge in [0.05, 0.1) is 6.61 Å². The smallest absolute Gasteiger partial charge is 0.0590 e. The maximum absolute atomic E-state index is 5.50. The first kappa shape index (κ1) is 14.0.